The second-order valence-corrected chi connectivity index (χ2v) is 2.78. The molecule has 0 aliphatic rings. The molecule has 1 rings (SSSR count). The molecule has 1 heterocycles. The number of pyridine rings is 1. The third-order valence-corrected chi connectivity index (χ3v) is 1.82. The summed E-state index contributed by atoms with van der Waals surface area (Å²) in [4.78, 5) is 4.13. The van der Waals surface area contributed by atoms with E-state index < -0.39 is 0 Å². The first-order chi connectivity index (χ1) is 5.77. The SMILES string of the molecule is CCOc1cc(CCl)ncc1C.Cl. The number of ether oxygens (including phenoxy) is 1. The molecule has 0 spiro atoms. The van der Waals surface area contributed by atoms with Crippen LogP contribution in [0.15, 0.2) is 12.3 Å². The molecule has 0 unspecified atom stereocenters. The van der Waals surface area contributed by atoms with Crippen molar-refractivity contribution in [1.82, 2.24) is 4.98 Å². The van der Waals surface area contributed by atoms with Crippen LogP contribution in [0.25, 0.3) is 0 Å². The zero-order valence-corrected chi connectivity index (χ0v) is 9.28. The van der Waals surface area contributed by atoms with Crippen LogP contribution in [0.4, 0.5) is 0 Å². The normalized spacial score (nSPS) is 9.15. The summed E-state index contributed by atoms with van der Waals surface area (Å²) in [7, 11) is 0. The molecule has 1 aromatic rings. The Morgan fingerprint density at radius 1 is 1.54 bits per heavy atom. The predicted molar refractivity (Wildman–Crippen MR) is 56.9 cm³/mol. The Hall–Kier alpha value is -0.470. The number of halogens is 2. The average Bonchev–Trinajstić information content (AvgIpc) is 2.09. The van der Waals surface area contributed by atoms with E-state index in [1.165, 1.54) is 0 Å². The van der Waals surface area contributed by atoms with Crippen molar-refractivity contribution in [1.29, 1.82) is 0 Å². The van der Waals surface area contributed by atoms with E-state index in [1.54, 1.807) is 6.20 Å². The van der Waals surface area contributed by atoms with Crippen molar-refractivity contribution in [3.05, 3.63) is 23.5 Å². The van der Waals surface area contributed by atoms with Crippen LogP contribution >= 0.6 is 24.0 Å². The highest BCUT2D eigenvalue weighted by atomic mass is 35.5. The molecule has 2 nitrogen and oxygen atoms in total. The fourth-order valence-corrected chi connectivity index (χ4v) is 1.08. The van der Waals surface area contributed by atoms with E-state index in [1.807, 2.05) is 19.9 Å². The molecule has 0 saturated carbocycles. The second kappa shape index (κ2) is 6.06. The van der Waals surface area contributed by atoms with Crippen LogP contribution in [0, 0.1) is 6.92 Å². The Kier molecular flexibility index (Phi) is 5.84. The third kappa shape index (κ3) is 3.41. The smallest absolute Gasteiger partial charge is 0.125 e. The molecule has 13 heavy (non-hydrogen) atoms. The molecular weight excluding hydrogens is 209 g/mol. The highest BCUT2D eigenvalue weighted by Crippen LogP contribution is 2.18. The van der Waals surface area contributed by atoms with Gasteiger partial charge in [0.2, 0.25) is 0 Å². The maximum atomic E-state index is 5.63. The van der Waals surface area contributed by atoms with Crippen LogP contribution in [0.2, 0.25) is 0 Å². The van der Waals surface area contributed by atoms with Gasteiger partial charge in [0, 0.05) is 17.8 Å². The first-order valence-electron chi connectivity index (χ1n) is 3.92. The van der Waals surface area contributed by atoms with Gasteiger partial charge in [-0.05, 0) is 13.8 Å². The zero-order chi connectivity index (χ0) is 8.97. The molecule has 0 aromatic carbocycles. The maximum absolute atomic E-state index is 5.63. The van der Waals surface area contributed by atoms with Gasteiger partial charge in [0.05, 0.1) is 18.2 Å². The lowest BCUT2D eigenvalue weighted by Crippen LogP contribution is -1.96. The lowest BCUT2D eigenvalue weighted by molar-refractivity contribution is 0.337. The monoisotopic (exact) mass is 221 g/mol. The molecule has 0 fully saturated rings. The summed E-state index contributed by atoms with van der Waals surface area (Å²) in [6, 6.07) is 1.88. The maximum Gasteiger partial charge on any atom is 0.125 e. The average molecular weight is 222 g/mol. The lowest BCUT2D eigenvalue weighted by Gasteiger charge is -2.06. The summed E-state index contributed by atoms with van der Waals surface area (Å²) < 4.78 is 5.38. The summed E-state index contributed by atoms with van der Waals surface area (Å²) in [5, 5.41) is 0. The molecule has 0 amide bonds. The molecule has 4 heteroatoms. The van der Waals surface area contributed by atoms with E-state index in [9.17, 15) is 0 Å². The van der Waals surface area contributed by atoms with Crippen molar-refractivity contribution >= 4 is 24.0 Å². The molecule has 0 atom stereocenters. The third-order valence-electron chi connectivity index (χ3n) is 1.55. The molecule has 1 aromatic heterocycles. The van der Waals surface area contributed by atoms with Crippen LogP contribution in [-0.2, 0) is 5.88 Å². The van der Waals surface area contributed by atoms with E-state index in [0.29, 0.717) is 12.5 Å². The Labute approximate surface area is 89.7 Å². The number of aromatic nitrogens is 1. The van der Waals surface area contributed by atoms with Crippen LogP contribution in [0.5, 0.6) is 5.75 Å². The minimum absolute atomic E-state index is 0. The molecule has 0 saturated heterocycles. The summed E-state index contributed by atoms with van der Waals surface area (Å²) in [6.07, 6.45) is 1.78. The van der Waals surface area contributed by atoms with Gasteiger partial charge in [0.1, 0.15) is 5.75 Å². The lowest BCUT2D eigenvalue weighted by atomic mass is 10.2. The topological polar surface area (TPSA) is 22.1 Å². The van der Waals surface area contributed by atoms with Gasteiger partial charge in [0.15, 0.2) is 0 Å². The van der Waals surface area contributed by atoms with Crippen molar-refractivity contribution in [3.63, 3.8) is 0 Å². The van der Waals surface area contributed by atoms with Gasteiger partial charge in [0.25, 0.3) is 0 Å². The number of aryl methyl sites for hydroxylation is 1. The van der Waals surface area contributed by atoms with Gasteiger partial charge in [-0.2, -0.15) is 0 Å². The summed E-state index contributed by atoms with van der Waals surface area (Å²) in [5.74, 6) is 1.31. The highest BCUT2D eigenvalue weighted by Gasteiger charge is 2.00. The minimum Gasteiger partial charge on any atom is -0.493 e. The number of hydrogen-bond acceptors (Lipinski definition) is 2. The predicted octanol–water partition coefficient (Wildman–Crippen LogP) is 2.95. The Morgan fingerprint density at radius 3 is 2.77 bits per heavy atom. The molecule has 0 radical (unpaired) electrons. The molecule has 0 aliphatic heterocycles. The second-order valence-electron chi connectivity index (χ2n) is 2.51. The fourth-order valence-electron chi connectivity index (χ4n) is 0.930. The highest BCUT2D eigenvalue weighted by molar-refractivity contribution is 6.16. The minimum atomic E-state index is 0. The van der Waals surface area contributed by atoms with Crippen molar-refractivity contribution < 1.29 is 4.74 Å². The Morgan fingerprint density at radius 2 is 2.23 bits per heavy atom. The van der Waals surface area contributed by atoms with E-state index in [-0.39, 0.29) is 12.4 Å². The van der Waals surface area contributed by atoms with E-state index in [4.69, 9.17) is 16.3 Å². The van der Waals surface area contributed by atoms with Crippen LogP contribution in [0.3, 0.4) is 0 Å². The van der Waals surface area contributed by atoms with Gasteiger partial charge in [-0.3, -0.25) is 4.98 Å². The number of hydrogen-bond donors (Lipinski definition) is 0. The largest absolute Gasteiger partial charge is 0.493 e. The summed E-state index contributed by atoms with van der Waals surface area (Å²) >= 11 is 5.63. The first-order valence-corrected chi connectivity index (χ1v) is 4.45. The molecular formula is C9H13Cl2NO. The summed E-state index contributed by atoms with van der Waals surface area (Å²) in [6.45, 7) is 4.60. The summed E-state index contributed by atoms with van der Waals surface area (Å²) in [5.41, 5.74) is 1.90. The van der Waals surface area contributed by atoms with E-state index in [2.05, 4.69) is 4.98 Å². The van der Waals surface area contributed by atoms with Gasteiger partial charge in [-0.15, -0.1) is 24.0 Å². The number of alkyl halides is 1. The van der Waals surface area contributed by atoms with Crippen LogP contribution in [-0.4, -0.2) is 11.6 Å². The number of nitrogens with zero attached hydrogens (tertiary/aromatic N) is 1. The van der Waals surface area contributed by atoms with E-state index >= 15 is 0 Å². The van der Waals surface area contributed by atoms with Gasteiger partial charge in [-0.1, -0.05) is 0 Å². The van der Waals surface area contributed by atoms with E-state index in [0.717, 1.165) is 17.0 Å². The van der Waals surface area contributed by atoms with Gasteiger partial charge < -0.3 is 4.74 Å². The number of rotatable bonds is 3. The van der Waals surface area contributed by atoms with Crippen molar-refractivity contribution in [2.24, 2.45) is 0 Å². The van der Waals surface area contributed by atoms with Crippen LogP contribution < -0.4 is 4.74 Å². The van der Waals surface area contributed by atoms with Crippen molar-refractivity contribution in [3.8, 4) is 5.75 Å². The standard InChI is InChI=1S/C9H12ClNO.ClH/c1-3-12-9-4-8(5-10)11-6-7(9)2;/h4,6H,3,5H2,1-2H3;1H. The first kappa shape index (κ1) is 12.5. The Bertz CT molecular complexity index is 266. The van der Waals surface area contributed by atoms with Crippen molar-refractivity contribution in [2.75, 3.05) is 6.61 Å². The molecule has 74 valence electrons. The molecule has 0 bridgehead atoms. The van der Waals surface area contributed by atoms with Gasteiger partial charge >= 0.3 is 0 Å². The quantitative estimate of drug-likeness (QED) is 0.733. The van der Waals surface area contributed by atoms with Crippen molar-refractivity contribution in [2.45, 2.75) is 19.7 Å². The van der Waals surface area contributed by atoms with Crippen LogP contribution in [0.1, 0.15) is 18.2 Å². The zero-order valence-electron chi connectivity index (χ0n) is 7.71. The fraction of sp³-hybridized carbons (Fsp3) is 0.444. The molecule has 0 aliphatic carbocycles. The Balaban J connectivity index is 0.00000144. The molecule has 0 N–H and O–H groups in total. The van der Waals surface area contributed by atoms with Gasteiger partial charge in [-0.25, -0.2) is 0 Å².